The number of aromatic nitrogens is 1. The Balaban J connectivity index is 1.52. The fraction of sp³-hybridized carbons (Fsp3) is 0.348. The zero-order chi connectivity index (χ0) is 19.4. The molecule has 0 fully saturated rings. The molecule has 1 heterocycles. The second kappa shape index (κ2) is 8.30. The summed E-state index contributed by atoms with van der Waals surface area (Å²) in [5.74, 6) is 2.22. The summed E-state index contributed by atoms with van der Waals surface area (Å²) >= 11 is 0. The number of nitrogens with zero attached hydrogens (tertiary/aromatic N) is 1. The van der Waals surface area contributed by atoms with Crippen molar-refractivity contribution in [2.75, 3.05) is 12.3 Å². The van der Waals surface area contributed by atoms with E-state index in [-0.39, 0.29) is 6.10 Å². The third kappa shape index (κ3) is 4.70. The van der Waals surface area contributed by atoms with Crippen LogP contribution in [0.1, 0.15) is 36.5 Å². The molecule has 2 N–H and O–H groups in total. The van der Waals surface area contributed by atoms with Gasteiger partial charge in [0.05, 0.1) is 12.7 Å². The summed E-state index contributed by atoms with van der Waals surface area (Å²) in [5, 5.41) is 1.03. The lowest BCUT2D eigenvalue weighted by Gasteiger charge is -2.17. The molecule has 0 bridgehead atoms. The molecule has 0 radical (unpaired) electrons. The van der Waals surface area contributed by atoms with Gasteiger partial charge in [0.2, 0.25) is 0 Å². The zero-order valence-electron chi connectivity index (χ0n) is 16.6. The number of pyridine rings is 1. The van der Waals surface area contributed by atoms with Gasteiger partial charge in [0, 0.05) is 5.39 Å². The minimum Gasteiger partial charge on any atom is -0.491 e. The van der Waals surface area contributed by atoms with Gasteiger partial charge in [0.25, 0.3) is 0 Å². The van der Waals surface area contributed by atoms with Gasteiger partial charge in [0.15, 0.2) is 0 Å². The zero-order valence-corrected chi connectivity index (χ0v) is 16.6. The highest BCUT2D eigenvalue weighted by Gasteiger charge is 2.08. The van der Waals surface area contributed by atoms with Crippen LogP contribution in [0, 0.1) is 20.8 Å². The molecule has 4 nitrogen and oxygen atoms in total. The Morgan fingerprint density at radius 3 is 2.52 bits per heavy atom. The quantitative estimate of drug-likeness (QED) is 0.573. The van der Waals surface area contributed by atoms with Crippen molar-refractivity contribution in [2.24, 2.45) is 0 Å². The monoisotopic (exact) mass is 364 g/mol. The van der Waals surface area contributed by atoms with Crippen LogP contribution in [0.25, 0.3) is 10.9 Å². The first-order valence-corrected chi connectivity index (χ1v) is 9.46. The largest absolute Gasteiger partial charge is 0.491 e. The van der Waals surface area contributed by atoms with E-state index in [2.05, 4.69) is 44.8 Å². The van der Waals surface area contributed by atoms with Crippen LogP contribution >= 0.6 is 0 Å². The Bertz CT molecular complexity index is 914. The normalized spacial score (nSPS) is 12.1. The van der Waals surface area contributed by atoms with Crippen LogP contribution < -0.4 is 15.2 Å². The molecule has 3 rings (SSSR count). The molecule has 0 aliphatic rings. The number of aryl methyl sites for hydroxylation is 2. The maximum absolute atomic E-state index is 6.08. The number of benzene rings is 2. The van der Waals surface area contributed by atoms with Gasteiger partial charge in [-0.2, -0.15) is 0 Å². The number of para-hydroxylation sites is 1. The molecule has 142 valence electrons. The number of nitrogens with two attached hydrogens (primary N) is 1. The number of rotatable bonds is 7. The van der Waals surface area contributed by atoms with Crippen LogP contribution in [0.2, 0.25) is 0 Å². The van der Waals surface area contributed by atoms with E-state index in [4.69, 9.17) is 15.2 Å². The number of hydrogen-bond acceptors (Lipinski definition) is 4. The van der Waals surface area contributed by atoms with E-state index in [1.807, 2.05) is 24.3 Å². The first kappa shape index (κ1) is 19.0. The van der Waals surface area contributed by atoms with Crippen molar-refractivity contribution < 1.29 is 9.47 Å². The Hall–Kier alpha value is -2.75. The molecule has 1 atom stereocenters. The highest BCUT2D eigenvalue weighted by Crippen LogP contribution is 2.25. The topological polar surface area (TPSA) is 57.4 Å². The highest BCUT2D eigenvalue weighted by molar-refractivity contribution is 5.85. The molecule has 0 aliphatic heterocycles. The molecular formula is C23H28N2O2. The van der Waals surface area contributed by atoms with Crippen molar-refractivity contribution in [3.05, 3.63) is 59.2 Å². The predicted octanol–water partition coefficient (Wildman–Crippen LogP) is 5.37. The number of ether oxygens (including phenoxy) is 2. The molecule has 0 spiro atoms. The van der Waals surface area contributed by atoms with E-state index < -0.39 is 0 Å². The SMILES string of the molecule is Cc1cc(OC(C)CCCOc2cccc3ccc(N)nc23)cc(C)c1C. The van der Waals surface area contributed by atoms with Gasteiger partial charge in [-0.3, -0.25) is 0 Å². The Morgan fingerprint density at radius 2 is 1.78 bits per heavy atom. The Labute approximate surface area is 161 Å². The van der Waals surface area contributed by atoms with Crippen molar-refractivity contribution in [1.29, 1.82) is 0 Å². The maximum Gasteiger partial charge on any atom is 0.145 e. The van der Waals surface area contributed by atoms with Crippen molar-refractivity contribution in [3.8, 4) is 11.5 Å². The molecule has 0 saturated carbocycles. The van der Waals surface area contributed by atoms with Gasteiger partial charge < -0.3 is 15.2 Å². The average Bonchev–Trinajstić information content (AvgIpc) is 2.63. The minimum absolute atomic E-state index is 0.136. The fourth-order valence-corrected chi connectivity index (χ4v) is 3.16. The summed E-state index contributed by atoms with van der Waals surface area (Å²) < 4.78 is 12.0. The molecule has 4 heteroatoms. The van der Waals surface area contributed by atoms with Crippen LogP contribution in [-0.2, 0) is 0 Å². The lowest BCUT2D eigenvalue weighted by molar-refractivity contribution is 0.194. The highest BCUT2D eigenvalue weighted by atomic mass is 16.5. The van der Waals surface area contributed by atoms with E-state index in [9.17, 15) is 0 Å². The van der Waals surface area contributed by atoms with Gasteiger partial charge in [-0.15, -0.1) is 0 Å². The Kier molecular flexibility index (Phi) is 5.84. The van der Waals surface area contributed by atoms with Crippen molar-refractivity contribution in [1.82, 2.24) is 4.98 Å². The molecule has 27 heavy (non-hydrogen) atoms. The van der Waals surface area contributed by atoms with E-state index >= 15 is 0 Å². The van der Waals surface area contributed by atoms with Crippen molar-refractivity contribution in [2.45, 2.75) is 46.6 Å². The summed E-state index contributed by atoms with van der Waals surface area (Å²) in [6.45, 7) is 9.11. The summed E-state index contributed by atoms with van der Waals surface area (Å²) in [7, 11) is 0. The summed E-state index contributed by atoms with van der Waals surface area (Å²) in [6.07, 6.45) is 1.96. The number of fused-ring (bicyclic) bond motifs is 1. The van der Waals surface area contributed by atoms with Crippen LogP contribution in [0.5, 0.6) is 11.5 Å². The van der Waals surface area contributed by atoms with E-state index in [0.29, 0.717) is 12.4 Å². The Morgan fingerprint density at radius 1 is 1.04 bits per heavy atom. The van der Waals surface area contributed by atoms with Crippen molar-refractivity contribution in [3.63, 3.8) is 0 Å². The molecule has 2 aromatic carbocycles. The van der Waals surface area contributed by atoms with E-state index in [1.165, 1.54) is 16.7 Å². The standard InChI is InChI=1S/C23H28N2O2/c1-15-13-20(14-16(2)18(15)4)27-17(3)7-6-12-26-21-9-5-8-19-10-11-22(24)25-23(19)21/h5,8-11,13-14,17H,6-7,12H2,1-4H3,(H2,24,25). The van der Waals surface area contributed by atoms with Crippen LogP contribution in [0.15, 0.2) is 42.5 Å². The van der Waals surface area contributed by atoms with Gasteiger partial charge in [-0.1, -0.05) is 12.1 Å². The summed E-state index contributed by atoms with van der Waals surface area (Å²) in [5.41, 5.74) is 10.5. The molecule has 0 saturated heterocycles. The summed E-state index contributed by atoms with van der Waals surface area (Å²) in [4.78, 5) is 4.40. The third-order valence-electron chi connectivity index (χ3n) is 4.96. The van der Waals surface area contributed by atoms with Gasteiger partial charge in [-0.25, -0.2) is 4.98 Å². The van der Waals surface area contributed by atoms with E-state index in [0.717, 1.165) is 35.2 Å². The van der Waals surface area contributed by atoms with E-state index in [1.54, 1.807) is 6.07 Å². The first-order valence-electron chi connectivity index (χ1n) is 9.46. The number of hydrogen-bond donors (Lipinski definition) is 1. The third-order valence-corrected chi connectivity index (χ3v) is 4.96. The predicted molar refractivity (Wildman–Crippen MR) is 112 cm³/mol. The summed E-state index contributed by atoms with van der Waals surface area (Å²) in [6, 6.07) is 13.9. The molecular weight excluding hydrogens is 336 g/mol. The van der Waals surface area contributed by atoms with Crippen LogP contribution in [0.3, 0.4) is 0 Å². The van der Waals surface area contributed by atoms with Crippen molar-refractivity contribution >= 4 is 16.7 Å². The first-order chi connectivity index (χ1) is 12.9. The second-order valence-electron chi connectivity index (χ2n) is 7.17. The number of anilines is 1. The van der Waals surface area contributed by atoms with Crippen LogP contribution in [0.4, 0.5) is 5.82 Å². The van der Waals surface area contributed by atoms with Gasteiger partial charge in [0.1, 0.15) is 22.8 Å². The smallest absolute Gasteiger partial charge is 0.145 e. The lowest BCUT2D eigenvalue weighted by Crippen LogP contribution is -2.13. The van der Waals surface area contributed by atoms with Crippen LogP contribution in [-0.4, -0.2) is 17.7 Å². The minimum atomic E-state index is 0.136. The molecule has 3 aromatic rings. The molecule has 0 aliphatic carbocycles. The molecule has 1 unspecified atom stereocenters. The second-order valence-corrected chi connectivity index (χ2v) is 7.17. The molecule has 1 aromatic heterocycles. The van der Waals surface area contributed by atoms with Gasteiger partial charge >= 0.3 is 0 Å². The molecule has 0 amide bonds. The maximum atomic E-state index is 6.08. The number of nitrogen functional groups attached to an aromatic ring is 1. The average molecular weight is 364 g/mol. The van der Waals surface area contributed by atoms with Gasteiger partial charge in [-0.05, 0) is 87.6 Å². The lowest BCUT2D eigenvalue weighted by atomic mass is 10.0. The fourth-order valence-electron chi connectivity index (χ4n) is 3.16.